The Bertz CT molecular complexity index is 711. The van der Waals surface area contributed by atoms with Crippen LogP contribution in [0.25, 0.3) is 0 Å². The van der Waals surface area contributed by atoms with Gasteiger partial charge in [0.1, 0.15) is 5.75 Å². The maximum Gasteiger partial charge on any atom is 0.344 e. The largest absolute Gasteiger partial charge is 0.464 e. The molecular formula is C18H21N3O5. The van der Waals surface area contributed by atoms with E-state index in [4.69, 9.17) is 14.2 Å². The van der Waals surface area contributed by atoms with Crippen molar-refractivity contribution in [1.29, 1.82) is 0 Å². The molecule has 1 spiro atoms. The number of nitrogens with one attached hydrogen (secondary N) is 1. The Morgan fingerprint density at radius 3 is 2.73 bits per heavy atom. The fraction of sp³-hybridized carbons (Fsp3) is 0.389. The third-order valence-electron chi connectivity index (χ3n) is 3.99. The molecule has 0 aliphatic carbocycles. The minimum Gasteiger partial charge on any atom is -0.464 e. The minimum atomic E-state index is -1.54. The molecule has 1 fully saturated rings. The Morgan fingerprint density at radius 1 is 1.23 bits per heavy atom. The van der Waals surface area contributed by atoms with Crippen molar-refractivity contribution in [3.8, 4) is 5.75 Å². The van der Waals surface area contributed by atoms with Crippen LogP contribution in [0, 0.1) is 0 Å². The van der Waals surface area contributed by atoms with Gasteiger partial charge in [0.05, 0.1) is 30.8 Å². The summed E-state index contributed by atoms with van der Waals surface area (Å²) in [5.74, 6) is -2.27. The molecule has 0 radical (unpaired) electrons. The first kappa shape index (κ1) is 17.9. The number of pyridine rings is 1. The zero-order chi connectivity index (χ0) is 18.4. The van der Waals surface area contributed by atoms with Crippen LogP contribution in [0.1, 0.15) is 19.8 Å². The SMILES string of the molecule is C/C=C/Oc1cncc(N2CCCNCCC23OC(=O)C=CC(=O)O3)c1. The van der Waals surface area contributed by atoms with Crippen LogP contribution < -0.4 is 15.0 Å². The van der Waals surface area contributed by atoms with Crippen LogP contribution >= 0.6 is 0 Å². The Morgan fingerprint density at radius 2 is 2.00 bits per heavy atom. The molecule has 3 rings (SSSR count). The first-order chi connectivity index (χ1) is 12.6. The van der Waals surface area contributed by atoms with Gasteiger partial charge in [-0.15, -0.1) is 0 Å². The van der Waals surface area contributed by atoms with Crippen molar-refractivity contribution in [2.45, 2.75) is 25.7 Å². The predicted octanol–water partition coefficient (Wildman–Crippen LogP) is 1.49. The van der Waals surface area contributed by atoms with Crippen LogP contribution in [0.15, 0.2) is 43.0 Å². The van der Waals surface area contributed by atoms with E-state index in [-0.39, 0.29) is 6.42 Å². The molecule has 1 aromatic rings. The van der Waals surface area contributed by atoms with Gasteiger partial charge in [0.2, 0.25) is 0 Å². The number of hydrogen-bond donors (Lipinski definition) is 1. The molecule has 26 heavy (non-hydrogen) atoms. The molecule has 3 heterocycles. The van der Waals surface area contributed by atoms with E-state index in [2.05, 4.69) is 10.3 Å². The van der Waals surface area contributed by atoms with E-state index in [0.717, 1.165) is 25.1 Å². The Labute approximate surface area is 151 Å². The fourth-order valence-electron chi connectivity index (χ4n) is 2.88. The van der Waals surface area contributed by atoms with Gasteiger partial charge in [0.15, 0.2) is 0 Å². The molecule has 0 amide bonds. The number of esters is 2. The van der Waals surface area contributed by atoms with Crippen LogP contribution in [0.4, 0.5) is 5.69 Å². The standard InChI is InChI=1S/C18H21N3O5/c1-2-10-24-15-11-14(12-20-13-15)21-9-3-7-19-8-6-18(21)25-16(22)4-5-17(23)26-18/h2,4-5,10-13,19H,3,6-9H2,1H3/b10-2+. The average Bonchev–Trinajstić information content (AvgIpc) is 2.76. The molecular weight excluding hydrogens is 338 g/mol. The molecule has 0 bridgehead atoms. The Hall–Kier alpha value is -2.87. The van der Waals surface area contributed by atoms with E-state index < -0.39 is 17.8 Å². The van der Waals surface area contributed by atoms with Crippen molar-refractivity contribution >= 4 is 17.6 Å². The molecule has 1 aromatic heterocycles. The Kier molecular flexibility index (Phi) is 5.52. The van der Waals surface area contributed by atoms with Crippen LogP contribution in [0.5, 0.6) is 5.75 Å². The number of nitrogens with zero attached hydrogens (tertiary/aromatic N) is 2. The van der Waals surface area contributed by atoms with Crippen molar-refractivity contribution in [1.82, 2.24) is 10.3 Å². The summed E-state index contributed by atoms with van der Waals surface area (Å²) in [5.41, 5.74) is 0.636. The normalized spacial score (nSPS) is 20.3. The van der Waals surface area contributed by atoms with Crippen molar-refractivity contribution < 1.29 is 23.8 Å². The highest BCUT2D eigenvalue weighted by atomic mass is 16.8. The lowest BCUT2D eigenvalue weighted by Crippen LogP contribution is -2.57. The van der Waals surface area contributed by atoms with Crippen molar-refractivity contribution in [2.75, 3.05) is 24.5 Å². The number of anilines is 1. The summed E-state index contributed by atoms with van der Waals surface area (Å²) in [6.45, 7) is 3.67. The van der Waals surface area contributed by atoms with E-state index in [9.17, 15) is 9.59 Å². The number of carbonyl (C=O) groups excluding carboxylic acids is 2. The van der Waals surface area contributed by atoms with Gasteiger partial charge in [-0.25, -0.2) is 9.59 Å². The molecule has 8 heteroatoms. The van der Waals surface area contributed by atoms with Crippen molar-refractivity contribution in [2.24, 2.45) is 0 Å². The molecule has 8 nitrogen and oxygen atoms in total. The fourth-order valence-corrected chi connectivity index (χ4v) is 2.88. The molecule has 0 saturated carbocycles. The van der Waals surface area contributed by atoms with Crippen LogP contribution in [0.3, 0.4) is 0 Å². The lowest BCUT2D eigenvalue weighted by Gasteiger charge is -2.42. The van der Waals surface area contributed by atoms with Gasteiger partial charge in [-0.2, -0.15) is 0 Å². The van der Waals surface area contributed by atoms with Crippen molar-refractivity contribution in [3.63, 3.8) is 0 Å². The zero-order valence-corrected chi connectivity index (χ0v) is 14.5. The number of aromatic nitrogens is 1. The second kappa shape index (κ2) is 8.01. The molecule has 0 unspecified atom stereocenters. The summed E-state index contributed by atoms with van der Waals surface area (Å²) in [4.78, 5) is 30.0. The van der Waals surface area contributed by atoms with E-state index in [1.165, 1.54) is 0 Å². The maximum atomic E-state index is 12.0. The number of ether oxygens (including phenoxy) is 3. The highest BCUT2D eigenvalue weighted by Crippen LogP contribution is 2.33. The summed E-state index contributed by atoms with van der Waals surface area (Å²) in [6, 6.07) is 1.77. The van der Waals surface area contributed by atoms with Gasteiger partial charge in [-0.05, 0) is 19.9 Å². The van der Waals surface area contributed by atoms with E-state index in [1.54, 1.807) is 35.7 Å². The topological polar surface area (TPSA) is 90.0 Å². The van der Waals surface area contributed by atoms with Gasteiger partial charge in [0, 0.05) is 31.3 Å². The summed E-state index contributed by atoms with van der Waals surface area (Å²) in [5, 5.41) is 3.24. The third-order valence-corrected chi connectivity index (χ3v) is 3.99. The molecule has 2 aliphatic rings. The van der Waals surface area contributed by atoms with Crippen molar-refractivity contribution in [3.05, 3.63) is 43.0 Å². The molecule has 0 aromatic carbocycles. The minimum absolute atomic E-state index is 0.284. The third kappa shape index (κ3) is 4.02. The summed E-state index contributed by atoms with van der Waals surface area (Å²) < 4.78 is 16.6. The van der Waals surface area contributed by atoms with E-state index in [0.29, 0.717) is 24.5 Å². The summed E-state index contributed by atoms with van der Waals surface area (Å²) in [6.07, 6.45) is 9.71. The van der Waals surface area contributed by atoms with Gasteiger partial charge in [-0.3, -0.25) is 9.88 Å². The lowest BCUT2D eigenvalue weighted by molar-refractivity contribution is -0.223. The van der Waals surface area contributed by atoms with Crippen LogP contribution in [-0.4, -0.2) is 42.5 Å². The summed E-state index contributed by atoms with van der Waals surface area (Å²) in [7, 11) is 0. The number of hydrogen-bond acceptors (Lipinski definition) is 8. The second-order valence-electron chi connectivity index (χ2n) is 5.86. The first-order valence-electron chi connectivity index (χ1n) is 8.48. The molecule has 138 valence electrons. The summed E-state index contributed by atoms with van der Waals surface area (Å²) >= 11 is 0. The Balaban J connectivity index is 1.99. The molecule has 1 saturated heterocycles. The van der Waals surface area contributed by atoms with Gasteiger partial charge in [0.25, 0.3) is 0 Å². The monoisotopic (exact) mass is 359 g/mol. The smallest absolute Gasteiger partial charge is 0.344 e. The number of carbonyl (C=O) groups is 2. The predicted molar refractivity (Wildman–Crippen MR) is 93.2 cm³/mol. The highest BCUT2D eigenvalue weighted by molar-refractivity contribution is 5.93. The van der Waals surface area contributed by atoms with Gasteiger partial charge in [-0.1, -0.05) is 6.08 Å². The molecule has 1 N–H and O–H groups in total. The number of rotatable bonds is 3. The maximum absolute atomic E-state index is 12.0. The second-order valence-corrected chi connectivity index (χ2v) is 5.86. The van der Waals surface area contributed by atoms with Gasteiger partial charge < -0.3 is 19.5 Å². The molecule has 0 atom stereocenters. The zero-order valence-electron chi connectivity index (χ0n) is 14.5. The first-order valence-corrected chi connectivity index (χ1v) is 8.48. The van der Waals surface area contributed by atoms with Crippen LogP contribution in [-0.2, 0) is 19.1 Å². The number of allylic oxidation sites excluding steroid dienone is 1. The van der Waals surface area contributed by atoms with Crippen LogP contribution in [0.2, 0.25) is 0 Å². The van der Waals surface area contributed by atoms with Gasteiger partial charge >= 0.3 is 17.8 Å². The average molecular weight is 359 g/mol. The lowest BCUT2D eigenvalue weighted by atomic mass is 10.2. The molecule has 2 aliphatic heterocycles. The highest BCUT2D eigenvalue weighted by Gasteiger charge is 2.46. The van der Waals surface area contributed by atoms with E-state index in [1.807, 2.05) is 6.92 Å². The quantitative estimate of drug-likeness (QED) is 0.641. The van der Waals surface area contributed by atoms with E-state index >= 15 is 0 Å².